The monoisotopic (exact) mass is 416 g/mol. The Morgan fingerprint density at radius 2 is 1.47 bits per heavy atom. The van der Waals surface area contributed by atoms with E-state index in [1.54, 1.807) is 12.1 Å². The molecule has 0 aliphatic heterocycles. The molecule has 2 N–H and O–H groups in total. The van der Waals surface area contributed by atoms with Crippen LogP contribution in [0.25, 0.3) is 22.3 Å². The number of thiophene rings is 1. The highest BCUT2D eigenvalue weighted by Gasteiger charge is 2.27. The summed E-state index contributed by atoms with van der Waals surface area (Å²) in [5.41, 5.74) is 5.02. The maximum atomic E-state index is 12.9. The normalized spacial score (nSPS) is 10.9. The molecule has 4 aromatic rings. The first kappa shape index (κ1) is 19.4. The molecule has 0 fully saturated rings. The van der Waals surface area contributed by atoms with Crippen LogP contribution in [-0.4, -0.2) is 23.2 Å². The van der Waals surface area contributed by atoms with Crippen molar-refractivity contribution >= 4 is 29.4 Å². The van der Waals surface area contributed by atoms with Crippen molar-refractivity contribution < 1.29 is 19.1 Å². The van der Waals surface area contributed by atoms with Crippen molar-refractivity contribution in [1.29, 1.82) is 0 Å². The van der Waals surface area contributed by atoms with E-state index in [-0.39, 0.29) is 9.75 Å². The summed E-state index contributed by atoms with van der Waals surface area (Å²) >= 11 is 0.931. The number of benzene rings is 2. The van der Waals surface area contributed by atoms with Crippen molar-refractivity contribution in [2.75, 3.05) is 0 Å². The number of furan rings is 1. The molecule has 7 heteroatoms. The molecule has 148 valence electrons. The molecule has 2 aromatic carbocycles. The van der Waals surface area contributed by atoms with Crippen molar-refractivity contribution in [3.05, 3.63) is 94.6 Å². The van der Waals surface area contributed by atoms with Crippen LogP contribution < -0.4 is 5.43 Å². The molecule has 0 radical (unpaired) electrons. The molecule has 0 saturated heterocycles. The lowest BCUT2D eigenvalue weighted by atomic mass is 9.94. The summed E-state index contributed by atoms with van der Waals surface area (Å²) in [6.45, 7) is 0. The van der Waals surface area contributed by atoms with Crippen LogP contribution in [0, 0.1) is 0 Å². The summed E-state index contributed by atoms with van der Waals surface area (Å²) in [4.78, 5) is 25.3. The van der Waals surface area contributed by atoms with E-state index in [0.717, 1.165) is 22.5 Å². The quantitative estimate of drug-likeness (QED) is 0.336. The fourth-order valence-corrected chi connectivity index (χ4v) is 4.15. The van der Waals surface area contributed by atoms with E-state index in [9.17, 15) is 14.7 Å². The SMILES string of the molecule is O=C(O)c1sc(C(=O)NN=Cc2ccco2)c(-c2ccccc2)c1-c1ccccc1. The number of carbonyl (C=O) groups is 2. The van der Waals surface area contributed by atoms with Crippen LogP contribution in [0.15, 0.2) is 88.6 Å². The smallest absolute Gasteiger partial charge is 0.346 e. The molecule has 0 bridgehead atoms. The summed E-state index contributed by atoms with van der Waals surface area (Å²) in [5, 5.41) is 13.8. The van der Waals surface area contributed by atoms with Crippen molar-refractivity contribution in [1.82, 2.24) is 5.43 Å². The van der Waals surface area contributed by atoms with Gasteiger partial charge in [-0.25, -0.2) is 10.2 Å². The van der Waals surface area contributed by atoms with Crippen LogP contribution in [-0.2, 0) is 0 Å². The molecule has 2 heterocycles. The Kier molecular flexibility index (Phi) is 5.54. The van der Waals surface area contributed by atoms with E-state index in [1.165, 1.54) is 12.5 Å². The Labute approximate surface area is 176 Å². The minimum absolute atomic E-state index is 0.0974. The van der Waals surface area contributed by atoms with E-state index >= 15 is 0 Å². The van der Waals surface area contributed by atoms with Crippen molar-refractivity contribution in [3.8, 4) is 22.3 Å². The third-order valence-electron chi connectivity index (χ3n) is 4.33. The Bertz CT molecular complexity index is 1200. The van der Waals surface area contributed by atoms with Gasteiger partial charge < -0.3 is 9.52 Å². The third-order valence-corrected chi connectivity index (χ3v) is 5.51. The van der Waals surface area contributed by atoms with E-state index in [4.69, 9.17) is 4.42 Å². The summed E-state index contributed by atoms with van der Waals surface area (Å²) in [6, 6.07) is 21.9. The lowest BCUT2D eigenvalue weighted by molar-refractivity contribution is 0.0702. The largest absolute Gasteiger partial charge is 0.477 e. The predicted octanol–water partition coefficient (Wildman–Crippen LogP) is 5.14. The molecule has 4 rings (SSSR count). The number of carboxylic acid groups (broad SMARTS) is 1. The van der Waals surface area contributed by atoms with Gasteiger partial charge in [-0.1, -0.05) is 60.7 Å². The highest BCUT2D eigenvalue weighted by atomic mass is 32.1. The topological polar surface area (TPSA) is 91.9 Å². The maximum absolute atomic E-state index is 12.9. The number of amides is 1. The molecule has 6 nitrogen and oxygen atoms in total. The van der Waals surface area contributed by atoms with E-state index in [0.29, 0.717) is 16.9 Å². The van der Waals surface area contributed by atoms with Gasteiger partial charge >= 0.3 is 5.97 Å². The van der Waals surface area contributed by atoms with Crippen LogP contribution >= 0.6 is 11.3 Å². The number of nitrogens with zero attached hydrogens (tertiary/aromatic N) is 1. The Morgan fingerprint density at radius 3 is 2.00 bits per heavy atom. The van der Waals surface area contributed by atoms with Crippen molar-refractivity contribution in [2.45, 2.75) is 0 Å². The maximum Gasteiger partial charge on any atom is 0.346 e. The average Bonchev–Trinajstić information content (AvgIpc) is 3.43. The first-order valence-electron chi connectivity index (χ1n) is 9.03. The first-order chi connectivity index (χ1) is 14.6. The number of carbonyl (C=O) groups excluding carboxylic acids is 1. The number of hydrazone groups is 1. The second kappa shape index (κ2) is 8.59. The van der Waals surface area contributed by atoms with Crippen LogP contribution in [0.5, 0.6) is 0 Å². The van der Waals surface area contributed by atoms with Crippen molar-refractivity contribution in [2.24, 2.45) is 5.10 Å². The molecule has 0 aliphatic carbocycles. The fraction of sp³-hybridized carbons (Fsp3) is 0. The van der Waals surface area contributed by atoms with Gasteiger partial charge in [-0.15, -0.1) is 11.3 Å². The van der Waals surface area contributed by atoms with Crippen LogP contribution in [0.1, 0.15) is 25.1 Å². The molecule has 0 saturated carbocycles. The van der Waals surface area contributed by atoms with Gasteiger partial charge in [0.15, 0.2) is 0 Å². The number of rotatable bonds is 6. The van der Waals surface area contributed by atoms with Gasteiger partial charge in [0.1, 0.15) is 15.5 Å². The second-order valence-electron chi connectivity index (χ2n) is 6.26. The summed E-state index contributed by atoms with van der Waals surface area (Å²) in [6.07, 6.45) is 2.88. The fourth-order valence-electron chi connectivity index (χ4n) is 3.07. The number of nitrogens with one attached hydrogen (secondary N) is 1. The van der Waals surface area contributed by atoms with E-state index in [2.05, 4.69) is 10.5 Å². The van der Waals surface area contributed by atoms with Gasteiger partial charge in [-0.2, -0.15) is 5.10 Å². The molecule has 0 unspecified atom stereocenters. The molecule has 0 aliphatic rings. The molecule has 0 spiro atoms. The lowest BCUT2D eigenvalue weighted by Crippen LogP contribution is -2.17. The standard InChI is InChI=1S/C23H16N2O4S/c26-22(25-24-14-17-12-7-13-29-17)20-18(15-8-3-1-4-9-15)19(21(30-20)23(27)28)16-10-5-2-6-11-16/h1-14H,(H,25,26)(H,27,28). The predicted molar refractivity (Wildman–Crippen MR) is 116 cm³/mol. The van der Waals surface area contributed by atoms with Gasteiger partial charge in [0.25, 0.3) is 5.91 Å². The van der Waals surface area contributed by atoms with Crippen LogP contribution in [0.3, 0.4) is 0 Å². The minimum atomic E-state index is -1.09. The van der Waals surface area contributed by atoms with Gasteiger partial charge in [0, 0.05) is 11.1 Å². The highest BCUT2D eigenvalue weighted by molar-refractivity contribution is 7.17. The number of hydrogen-bond acceptors (Lipinski definition) is 5. The zero-order valence-electron chi connectivity index (χ0n) is 15.6. The summed E-state index contributed by atoms with van der Waals surface area (Å²) in [5.74, 6) is -1.10. The van der Waals surface area contributed by atoms with Gasteiger partial charge in [-0.3, -0.25) is 4.79 Å². The van der Waals surface area contributed by atoms with Crippen LogP contribution in [0.2, 0.25) is 0 Å². The number of hydrogen-bond donors (Lipinski definition) is 2. The lowest BCUT2D eigenvalue weighted by Gasteiger charge is -2.08. The average molecular weight is 416 g/mol. The molecule has 0 atom stereocenters. The Hall–Kier alpha value is -3.97. The van der Waals surface area contributed by atoms with Gasteiger partial charge in [-0.05, 0) is 23.3 Å². The highest BCUT2D eigenvalue weighted by Crippen LogP contribution is 2.43. The first-order valence-corrected chi connectivity index (χ1v) is 9.84. The van der Waals surface area contributed by atoms with Crippen LogP contribution in [0.4, 0.5) is 0 Å². The number of carboxylic acids is 1. The summed E-state index contributed by atoms with van der Waals surface area (Å²) in [7, 11) is 0. The summed E-state index contributed by atoms with van der Waals surface area (Å²) < 4.78 is 5.15. The van der Waals surface area contributed by atoms with Gasteiger partial charge in [0.2, 0.25) is 0 Å². The molecule has 1 amide bonds. The minimum Gasteiger partial charge on any atom is -0.477 e. The second-order valence-corrected chi connectivity index (χ2v) is 7.28. The Morgan fingerprint density at radius 1 is 0.867 bits per heavy atom. The van der Waals surface area contributed by atoms with Crippen molar-refractivity contribution in [3.63, 3.8) is 0 Å². The molecule has 2 aromatic heterocycles. The zero-order chi connectivity index (χ0) is 20.9. The molecule has 30 heavy (non-hydrogen) atoms. The zero-order valence-corrected chi connectivity index (χ0v) is 16.4. The third kappa shape index (κ3) is 3.92. The molecular weight excluding hydrogens is 400 g/mol. The number of aromatic carboxylic acids is 1. The van der Waals surface area contributed by atoms with E-state index in [1.807, 2.05) is 60.7 Å². The van der Waals surface area contributed by atoms with Gasteiger partial charge in [0.05, 0.1) is 12.5 Å². The molecular formula is C23H16N2O4S. The van der Waals surface area contributed by atoms with E-state index < -0.39 is 11.9 Å². The Balaban J connectivity index is 1.83.